The summed E-state index contributed by atoms with van der Waals surface area (Å²) in [5, 5.41) is 0. The Bertz CT molecular complexity index is 711. The molecule has 0 saturated carbocycles. The van der Waals surface area contributed by atoms with Gasteiger partial charge < -0.3 is 14.4 Å². The third-order valence-corrected chi connectivity index (χ3v) is 5.32. The Labute approximate surface area is 141 Å². The Balaban J connectivity index is 1.65. The molecule has 1 spiro atoms. The summed E-state index contributed by atoms with van der Waals surface area (Å²) >= 11 is 0. The van der Waals surface area contributed by atoms with Gasteiger partial charge in [-0.3, -0.25) is 9.59 Å². The molecule has 3 aliphatic rings. The van der Waals surface area contributed by atoms with E-state index in [9.17, 15) is 9.59 Å². The molecule has 0 radical (unpaired) electrons. The molecule has 0 aliphatic carbocycles. The summed E-state index contributed by atoms with van der Waals surface area (Å²) in [6.45, 7) is 4.63. The van der Waals surface area contributed by atoms with Crippen LogP contribution in [0.3, 0.4) is 0 Å². The van der Waals surface area contributed by atoms with Gasteiger partial charge in [0.05, 0.1) is 25.2 Å². The predicted molar refractivity (Wildman–Crippen MR) is 88.5 cm³/mol. The summed E-state index contributed by atoms with van der Waals surface area (Å²) in [6, 6.07) is 7.99. The van der Waals surface area contributed by atoms with E-state index in [1.807, 2.05) is 36.4 Å². The van der Waals surface area contributed by atoms with Gasteiger partial charge in [0.2, 0.25) is 5.91 Å². The van der Waals surface area contributed by atoms with Gasteiger partial charge in [-0.25, -0.2) is 0 Å². The molecule has 2 saturated heterocycles. The number of hydrogen-bond acceptors (Lipinski definition) is 4. The summed E-state index contributed by atoms with van der Waals surface area (Å²) < 4.78 is 11.2. The molecule has 1 aromatic rings. The van der Waals surface area contributed by atoms with Crippen molar-refractivity contribution in [1.82, 2.24) is 0 Å². The minimum Gasteiger partial charge on any atom is -0.466 e. The molecule has 1 aromatic carbocycles. The maximum atomic E-state index is 13.0. The smallest absolute Gasteiger partial charge is 0.312 e. The highest BCUT2D eigenvalue weighted by molar-refractivity contribution is 6.02. The van der Waals surface area contributed by atoms with Crippen LogP contribution >= 0.6 is 0 Å². The zero-order valence-electron chi connectivity index (χ0n) is 13.9. The van der Waals surface area contributed by atoms with Gasteiger partial charge in [-0.1, -0.05) is 31.2 Å². The van der Waals surface area contributed by atoms with Crippen molar-refractivity contribution in [2.75, 3.05) is 18.1 Å². The SMILES string of the molecule is CCOC(=O)[C@H]1[C@H]2C(=O)N(c3ccc(CC)cc3)C[C@@]23C=C[C@H]1O3. The Hall–Kier alpha value is -2.14. The number of rotatable bonds is 4. The lowest BCUT2D eigenvalue weighted by atomic mass is 9.77. The van der Waals surface area contributed by atoms with Crippen molar-refractivity contribution in [3.8, 4) is 0 Å². The van der Waals surface area contributed by atoms with Gasteiger partial charge in [-0.05, 0) is 31.0 Å². The van der Waals surface area contributed by atoms with Gasteiger partial charge in [-0.2, -0.15) is 0 Å². The molecule has 0 unspecified atom stereocenters. The van der Waals surface area contributed by atoms with Crippen LogP contribution in [-0.4, -0.2) is 36.7 Å². The molecule has 0 aromatic heterocycles. The highest BCUT2D eigenvalue weighted by Crippen LogP contribution is 2.52. The molecule has 0 N–H and O–H groups in total. The third kappa shape index (κ3) is 2.04. The fraction of sp³-hybridized carbons (Fsp3) is 0.474. The molecule has 2 bridgehead atoms. The first-order valence-electron chi connectivity index (χ1n) is 8.54. The number of benzene rings is 1. The number of carbonyl (C=O) groups is 2. The summed E-state index contributed by atoms with van der Waals surface area (Å²) in [5.41, 5.74) is 1.39. The van der Waals surface area contributed by atoms with E-state index in [4.69, 9.17) is 9.47 Å². The first-order valence-corrected chi connectivity index (χ1v) is 8.54. The summed E-state index contributed by atoms with van der Waals surface area (Å²) in [4.78, 5) is 27.1. The number of aryl methyl sites for hydroxylation is 1. The second-order valence-electron chi connectivity index (χ2n) is 6.60. The topological polar surface area (TPSA) is 55.8 Å². The monoisotopic (exact) mass is 327 g/mol. The number of hydrogen-bond donors (Lipinski definition) is 0. The van der Waals surface area contributed by atoms with Crippen molar-refractivity contribution in [2.24, 2.45) is 11.8 Å². The third-order valence-electron chi connectivity index (χ3n) is 5.32. The Morgan fingerprint density at radius 2 is 2.08 bits per heavy atom. The molecular formula is C19H21NO4. The highest BCUT2D eigenvalue weighted by Gasteiger charge is 2.67. The van der Waals surface area contributed by atoms with Crippen molar-refractivity contribution < 1.29 is 19.1 Å². The molecule has 3 heterocycles. The number of nitrogens with zero attached hydrogens (tertiary/aromatic N) is 1. The van der Waals surface area contributed by atoms with E-state index < -0.39 is 17.4 Å². The van der Waals surface area contributed by atoms with E-state index in [2.05, 4.69) is 6.92 Å². The number of carbonyl (C=O) groups excluding carboxylic acids is 2. The number of esters is 1. The maximum Gasteiger partial charge on any atom is 0.312 e. The van der Waals surface area contributed by atoms with Gasteiger partial charge >= 0.3 is 5.97 Å². The minimum absolute atomic E-state index is 0.0517. The van der Waals surface area contributed by atoms with Crippen LogP contribution in [0.4, 0.5) is 5.69 Å². The standard InChI is InChI=1S/C19H21NO4/c1-3-12-5-7-13(8-6-12)20-11-19-10-9-14(24-19)15(16(19)17(20)21)18(22)23-4-2/h5-10,14-16H,3-4,11H2,1-2H3/t14-,15-,16+,19+/m1/s1. The largest absolute Gasteiger partial charge is 0.466 e. The van der Waals surface area contributed by atoms with Gasteiger partial charge in [0.25, 0.3) is 0 Å². The van der Waals surface area contributed by atoms with Crippen LogP contribution in [-0.2, 0) is 25.5 Å². The normalized spacial score (nSPS) is 33.2. The molecule has 24 heavy (non-hydrogen) atoms. The molecule has 2 fully saturated rings. The average Bonchev–Trinajstić information content (AvgIpc) is 3.23. The maximum absolute atomic E-state index is 13.0. The van der Waals surface area contributed by atoms with Crippen LogP contribution in [0.15, 0.2) is 36.4 Å². The first-order chi connectivity index (χ1) is 11.6. The van der Waals surface area contributed by atoms with Crippen molar-refractivity contribution in [3.63, 3.8) is 0 Å². The Morgan fingerprint density at radius 3 is 2.75 bits per heavy atom. The minimum atomic E-state index is -0.692. The lowest BCUT2D eigenvalue weighted by Gasteiger charge is -2.22. The van der Waals surface area contributed by atoms with Crippen LogP contribution in [0.1, 0.15) is 19.4 Å². The van der Waals surface area contributed by atoms with Crippen molar-refractivity contribution in [1.29, 1.82) is 0 Å². The van der Waals surface area contributed by atoms with E-state index in [0.717, 1.165) is 12.1 Å². The fourth-order valence-electron chi connectivity index (χ4n) is 4.14. The Kier molecular flexibility index (Phi) is 3.49. The lowest BCUT2D eigenvalue weighted by Crippen LogP contribution is -2.40. The molecule has 4 rings (SSSR count). The molecule has 5 nitrogen and oxygen atoms in total. The molecular weight excluding hydrogens is 306 g/mol. The van der Waals surface area contributed by atoms with Gasteiger partial charge in [-0.15, -0.1) is 0 Å². The van der Waals surface area contributed by atoms with E-state index >= 15 is 0 Å². The quantitative estimate of drug-likeness (QED) is 0.628. The van der Waals surface area contributed by atoms with Crippen molar-refractivity contribution >= 4 is 17.6 Å². The van der Waals surface area contributed by atoms with Gasteiger partial charge in [0.15, 0.2) is 0 Å². The van der Waals surface area contributed by atoms with E-state index in [0.29, 0.717) is 13.2 Å². The zero-order valence-corrected chi connectivity index (χ0v) is 13.9. The van der Waals surface area contributed by atoms with E-state index in [-0.39, 0.29) is 18.0 Å². The van der Waals surface area contributed by atoms with Crippen LogP contribution in [0.25, 0.3) is 0 Å². The number of ether oxygens (including phenoxy) is 2. The highest BCUT2D eigenvalue weighted by atomic mass is 16.6. The van der Waals surface area contributed by atoms with Crippen molar-refractivity contribution in [2.45, 2.75) is 32.0 Å². The number of fused-ring (bicyclic) bond motifs is 1. The van der Waals surface area contributed by atoms with Crippen molar-refractivity contribution in [3.05, 3.63) is 42.0 Å². The van der Waals surface area contributed by atoms with Gasteiger partial charge in [0.1, 0.15) is 11.5 Å². The Morgan fingerprint density at radius 1 is 1.33 bits per heavy atom. The zero-order chi connectivity index (χ0) is 16.9. The summed E-state index contributed by atoms with van der Waals surface area (Å²) in [5.74, 6) is -1.42. The average molecular weight is 327 g/mol. The summed E-state index contributed by atoms with van der Waals surface area (Å²) in [6.07, 6.45) is 4.47. The number of amides is 1. The lowest BCUT2D eigenvalue weighted by molar-refractivity contribution is -0.151. The molecule has 126 valence electrons. The van der Waals surface area contributed by atoms with E-state index in [1.165, 1.54) is 5.56 Å². The number of anilines is 1. The predicted octanol–water partition coefficient (Wildman–Crippen LogP) is 2.10. The summed E-state index contributed by atoms with van der Waals surface area (Å²) in [7, 11) is 0. The van der Waals surface area contributed by atoms with E-state index in [1.54, 1.807) is 11.8 Å². The van der Waals surface area contributed by atoms with Crippen LogP contribution in [0.5, 0.6) is 0 Å². The molecule has 5 heteroatoms. The van der Waals surface area contributed by atoms with Gasteiger partial charge in [0, 0.05) is 5.69 Å². The first kappa shape index (κ1) is 15.4. The van der Waals surface area contributed by atoms with Crippen LogP contribution < -0.4 is 4.90 Å². The molecule has 4 atom stereocenters. The second kappa shape index (κ2) is 5.45. The van der Waals surface area contributed by atoms with Crippen LogP contribution in [0, 0.1) is 11.8 Å². The molecule has 1 amide bonds. The fourth-order valence-corrected chi connectivity index (χ4v) is 4.14. The van der Waals surface area contributed by atoms with Crippen LogP contribution in [0.2, 0.25) is 0 Å². The second-order valence-corrected chi connectivity index (χ2v) is 6.60. The molecule has 3 aliphatic heterocycles.